The van der Waals surface area contributed by atoms with Crippen molar-refractivity contribution in [2.45, 2.75) is 72.9 Å². The predicted molar refractivity (Wildman–Crippen MR) is 148 cm³/mol. The number of aryl methyl sites for hydroxylation is 1. The number of carbonyl (C=O) groups is 2. The van der Waals surface area contributed by atoms with Crippen molar-refractivity contribution < 1.29 is 14.0 Å². The average molecular weight is 505 g/mol. The second-order valence-corrected chi connectivity index (χ2v) is 10.3. The van der Waals surface area contributed by atoms with Gasteiger partial charge in [0.15, 0.2) is 5.43 Å². The highest BCUT2D eigenvalue weighted by Crippen LogP contribution is 2.16. The number of nitrogens with zero attached hydrogens (tertiary/aromatic N) is 2. The molecule has 37 heavy (non-hydrogen) atoms. The molecule has 1 aromatic heterocycles. The van der Waals surface area contributed by atoms with E-state index in [-0.39, 0.29) is 30.3 Å². The number of carbonyl (C=O) groups excluding carboxylic acids is 2. The Bertz CT molecular complexity index is 1230. The second kappa shape index (κ2) is 13.8. The molecule has 198 valence electrons. The molecular weight excluding hydrogens is 464 g/mol. The molecule has 0 aliphatic heterocycles. The van der Waals surface area contributed by atoms with Gasteiger partial charge in [-0.2, -0.15) is 0 Å². The van der Waals surface area contributed by atoms with Crippen LogP contribution >= 0.6 is 0 Å². The number of hydrogen-bond acceptors (Lipinski definition) is 4. The van der Waals surface area contributed by atoms with Gasteiger partial charge in [-0.15, -0.1) is 0 Å². The van der Waals surface area contributed by atoms with Crippen LogP contribution in [0.2, 0.25) is 0 Å². The molecule has 0 atom stereocenters. The fraction of sp³-hybridized carbons (Fsp3) is 0.452. The van der Waals surface area contributed by atoms with Crippen molar-refractivity contribution in [2.75, 3.05) is 13.1 Å². The molecule has 0 fully saturated rings. The van der Waals surface area contributed by atoms with Crippen LogP contribution in [0, 0.1) is 12.8 Å². The summed E-state index contributed by atoms with van der Waals surface area (Å²) in [6.07, 6.45) is 5.60. The van der Waals surface area contributed by atoms with E-state index in [1.54, 1.807) is 15.9 Å². The zero-order chi connectivity index (χ0) is 26.8. The SMILES string of the molecule is CCCCCC(=O)N(CCC(C)C)CC(=O)N(Cc1ccccc1)Cc1coc2ccc(C)cc2c1=O. The Morgan fingerprint density at radius 1 is 0.946 bits per heavy atom. The smallest absolute Gasteiger partial charge is 0.242 e. The molecule has 6 nitrogen and oxygen atoms in total. The van der Waals surface area contributed by atoms with E-state index in [9.17, 15) is 14.4 Å². The molecule has 0 bridgehead atoms. The van der Waals surface area contributed by atoms with Crippen LogP contribution in [-0.2, 0) is 22.7 Å². The Balaban J connectivity index is 1.86. The molecule has 0 saturated heterocycles. The predicted octanol–water partition coefficient (Wildman–Crippen LogP) is 6.09. The summed E-state index contributed by atoms with van der Waals surface area (Å²) in [5.74, 6) is 0.259. The molecule has 0 radical (unpaired) electrons. The molecule has 2 amide bonds. The Hall–Kier alpha value is -3.41. The van der Waals surface area contributed by atoms with E-state index in [0.717, 1.165) is 36.8 Å². The summed E-state index contributed by atoms with van der Waals surface area (Å²) in [6.45, 7) is 9.27. The summed E-state index contributed by atoms with van der Waals surface area (Å²) in [5.41, 5.74) is 2.74. The molecular formula is C31H40N2O4. The summed E-state index contributed by atoms with van der Waals surface area (Å²) in [6, 6.07) is 15.2. The van der Waals surface area contributed by atoms with Gasteiger partial charge >= 0.3 is 0 Å². The summed E-state index contributed by atoms with van der Waals surface area (Å²) in [4.78, 5) is 43.3. The molecule has 3 aromatic rings. The Morgan fingerprint density at radius 2 is 1.70 bits per heavy atom. The number of benzene rings is 2. The van der Waals surface area contributed by atoms with Crippen molar-refractivity contribution in [3.05, 3.63) is 81.7 Å². The minimum Gasteiger partial charge on any atom is -0.464 e. The highest BCUT2D eigenvalue weighted by atomic mass is 16.3. The van der Waals surface area contributed by atoms with Gasteiger partial charge in [-0.05, 0) is 43.4 Å². The van der Waals surface area contributed by atoms with Gasteiger partial charge in [0.25, 0.3) is 0 Å². The Labute approximate surface area is 220 Å². The fourth-order valence-electron chi connectivity index (χ4n) is 4.29. The number of unbranched alkanes of at least 4 members (excludes halogenated alkanes) is 2. The van der Waals surface area contributed by atoms with Crippen LogP contribution in [0.5, 0.6) is 0 Å². The van der Waals surface area contributed by atoms with Gasteiger partial charge < -0.3 is 14.2 Å². The van der Waals surface area contributed by atoms with Crippen molar-refractivity contribution in [3.63, 3.8) is 0 Å². The molecule has 3 rings (SSSR count). The Kier molecular flexibility index (Phi) is 10.5. The van der Waals surface area contributed by atoms with Gasteiger partial charge in [-0.25, -0.2) is 0 Å². The second-order valence-electron chi connectivity index (χ2n) is 10.3. The van der Waals surface area contributed by atoms with Gasteiger partial charge in [0.2, 0.25) is 11.8 Å². The van der Waals surface area contributed by atoms with E-state index in [1.165, 1.54) is 6.26 Å². The number of hydrogen-bond donors (Lipinski definition) is 0. The lowest BCUT2D eigenvalue weighted by Gasteiger charge is -2.28. The zero-order valence-corrected chi connectivity index (χ0v) is 22.7. The van der Waals surface area contributed by atoms with Crippen molar-refractivity contribution in [1.82, 2.24) is 9.80 Å². The lowest BCUT2D eigenvalue weighted by atomic mass is 10.1. The molecule has 0 N–H and O–H groups in total. The molecule has 0 aliphatic rings. The first-order valence-electron chi connectivity index (χ1n) is 13.4. The zero-order valence-electron chi connectivity index (χ0n) is 22.7. The summed E-state index contributed by atoms with van der Waals surface area (Å²) < 4.78 is 5.75. The van der Waals surface area contributed by atoms with E-state index in [4.69, 9.17) is 4.42 Å². The van der Waals surface area contributed by atoms with Gasteiger partial charge in [0, 0.05) is 19.5 Å². The van der Waals surface area contributed by atoms with Crippen LogP contribution in [0.15, 0.2) is 64.0 Å². The molecule has 1 heterocycles. The molecule has 0 aliphatic carbocycles. The van der Waals surface area contributed by atoms with Crippen LogP contribution < -0.4 is 5.43 Å². The number of amides is 2. The third-order valence-corrected chi connectivity index (χ3v) is 6.58. The van der Waals surface area contributed by atoms with Gasteiger partial charge in [-0.1, -0.05) is 75.6 Å². The minimum atomic E-state index is -0.180. The van der Waals surface area contributed by atoms with Gasteiger partial charge in [0.05, 0.1) is 30.3 Å². The van der Waals surface area contributed by atoms with E-state index in [2.05, 4.69) is 20.8 Å². The monoisotopic (exact) mass is 504 g/mol. The van der Waals surface area contributed by atoms with E-state index in [1.807, 2.05) is 49.4 Å². The van der Waals surface area contributed by atoms with Crippen molar-refractivity contribution in [3.8, 4) is 0 Å². The topological polar surface area (TPSA) is 70.8 Å². The van der Waals surface area contributed by atoms with Crippen LogP contribution in [0.25, 0.3) is 11.0 Å². The van der Waals surface area contributed by atoms with Crippen LogP contribution in [0.1, 0.15) is 69.6 Å². The summed E-state index contributed by atoms with van der Waals surface area (Å²) in [7, 11) is 0. The fourth-order valence-corrected chi connectivity index (χ4v) is 4.29. The minimum absolute atomic E-state index is 0.00251. The maximum atomic E-state index is 13.7. The molecule has 2 aromatic carbocycles. The lowest BCUT2D eigenvalue weighted by molar-refractivity contribution is -0.141. The largest absolute Gasteiger partial charge is 0.464 e. The molecule has 6 heteroatoms. The first-order chi connectivity index (χ1) is 17.8. The molecule has 0 saturated carbocycles. The van der Waals surface area contributed by atoms with Gasteiger partial charge in [-0.3, -0.25) is 14.4 Å². The van der Waals surface area contributed by atoms with E-state index < -0.39 is 0 Å². The number of rotatable bonds is 13. The van der Waals surface area contributed by atoms with E-state index in [0.29, 0.717) is 42.0 Å². The van der Waals surface area contributed by atoms with Gasteiger partial charge in [0.1, 0.15) is 5.58 Å². The van der Waals surface area contributed by atoms with E-state index >= 15 is 0 Å². The van der Waals surface area contributed by atoms with Crippen molar-refractivity contribution in [2.24, 2.45) is 5.92 Å². The summed E-state index contributed by atoms with van der Waals surface area (Å²) >= 11 is 0. The lowest BCUT2D eigenvalue weighted by Crippen LogP contribution is -2.43. The average Bonchev–Trinajstić information content (AvgIpc) is 2.88. The van der Waals surface area contributed by atoms with Crippen LogP contribution in [-0.4, -0.2) is 34.7 Å². The molecule has 0 unspecified atom stereocenters. The first kappa shape index (κ1) is 28.2. The Morgan fingerprint density at radius 3 is 2.41 bits per heavy atom. The third kappa shape index (κ3) is 8.31. The highest BCUT2D eigenvalue weighted by Gasteiger charge is 2.23. The quantitative estimate of drug-likeness (QED) is 0.264. The van der Waals surface area contributed by atoms with Crippen molar-refractivity contribution >= 4 is 22.8 Å². The summed E-state index contributed by atoms with van der Waals surface area (Å²) in [5, 5.41) is 0.509. The molecule has 0 spiro atoms. The van der Waals surface area contributed by atoms with Crippen molar-refractivity contribution in [1.29, 1.82) is 0 Å². The maximum absolute atomic E-state index is 13.7. The number of fused-ring (bicyclic) bond motifs is 1. The highest BCUT2D eigenvalue weighted by molar-refractivity contribution is 5.85. The standard InChI is InChI=1S/C31H40N2O4/c1-5-6-8-13-29(34)32(17-16-23(2)3)21-30(35)33(19-25-11-9-7-10-12-25)20-26-22-37-28-15-14-24(4)18-27(28)31(26)36/h7,9-12,14-15,18,22-23H,5-6,8,13,16-17,19-21H2,1-4H3. The normalized spacial score (nSPS) is 11.2. The first-order valence-corrected chi connectivity index (χ1v) is 13.4. The maximum Gasteiger partial charge on any atom is 0.242 e. The third-order valence-electron chi connectivity index (χ3n) is 6.58. The van der Waals surface area contributed by atoms with Crippen LogP contribution in [0.4, 0.5) is 0 Å². The van der Waals surface area contributed by atoms with Crippen LogP contribution in [0.3, 0.4) is 0 Å².